The van der Waals surface area contributed by atoms with E-state index in [1.807, 2.05) is 182 Å². The van der Waals surface area contributed by atoms with Gasteiger partial charge in [-0.05, 0) is 33.4 Å². The maximum absolute atomic E-state index is 13.2. The Labute approximate surface area is 398 Å². The SMILES string of the molecule is CC(=O)OC1C(OC2C(O)OC(COCc3ccccc3)C(OCc3ccccc3)C2OCc2ccccc2)OC(COCc2ccccc2)C(OCc2ccccc2)C1OCc1ccccc1. The third-order valence-electron chi connectivity index (χ3n) is 11.7. The summed E-state index contributed by atoms with van der Waals surface area (Å²) in [5.74, 6) is -0.599. The van der Waals surface area contributed by atoms with Gasteiger partial charge >= 0.3 is 5.97 Å². The van der Waals surface area contributed by atoms with Gasteiger partial charge in [-0.25, -0.2) is 0 Å². The van der Waals surface area contributed by atoms with E-state index in [4.69, 9.17) is 47.4 Å². The van der Waals surface area contributed by atoms with Crippen LogP contribution in [0.25, 0.3) is 0 Å². The van der Waals surface area contributed by atoms with Gasteiger partial charge < -0.3 is 52.5 Å². The maximum atomic E-state index is 13.2. The van der Waals surface area contributed by atoms with Crippen molar-refractivity contribution in [2.45, 2.75) is 108 Å². The fourth-order valence-electron chi connectivity index (χ4n) is 8.35. The second-order valence-electron chi connectivity index (χ2n) is 16.8. The highest BCUT2D eigenvalue weighted by Crippen LogP contribution is 2.36. The summed E-state index contributed by atoms with van der Waals surface area (Å²) >= 11 is 0. The van der Waals surface area contributed by atoms with E-state index in [0.29, 0.717) is 13.2 Å². The minimum Gasteiger partial charge on any atom is -0.454 e. The molecule has 6 aromatic rings. The molecule has 12 heteroatoms. The zero-order valence-corrected chi connectivity index (χ0v) is 38.2. The van der Waals surface area contributed by atoms with Gasteiger partial charge in [-0.2, -0.15) is 0 Å². The normalized spacial score (nSPS) is 24.9. The Morgan fingerprint density at radius 1 is 0.412 bits per heavy atom. The Kier molecular flexibility index (Phi) is 18.4. The van der Waals surface area contributed by atoms with E-state index in [2.05, 4.69) is 0 Å². The first-order valence-electron chi connectivity index (χ1n) is 23.1. The highest BCUT2D eigenvalue weighted by atomic mass is 16.8. The van der Waals surface area contributed by atoms with Crippen LogP contribution in [0, 0.1) is 0 Å². The zero-order valence-electron chi connectivity index (χ0n) is 38.2. The summed E-state index contributed by atoms with van der Waals surface area (Å²) in [4.78, 5) is 13.2. The summed E-state index contributed by atoms with van der Waals surface area (Å²) in [5, 5.41) is 12.2. The predicted molar refractivity (Wildman–Crippen MR) is 252 cm³/mol. The van der Waals surface area contributed by atoms with Crippen LogP contribution in [0.3, 0.4) is 0 Å². The maximum Gasteiger partial charge on any atom is 0.303 e. The van der Waals surface area contributed by atoms with Crippen LogP contribution in [0.2, 0.25) is 0 Å². The first-order valence-corrected chi connectivity index (χ1v) is 23.1. The van der Waals surface area contributed by atoms with Gasteiger partial charge in [0.2, 0.25) is 0 Å². The fourth-order valence-corrected chi connectivity index (χ4v) is 8.35. The molecule has 0 aromatic heterocycles. The molecule has 12 nitrogen and oxygen atoms in total. The molecule has 0 saturated carbocycles. The molecular formula is C56H60O12. The van der Waals surface area contributed by atoms with Crippen molar-refractivity contribution < 1.29 is 57.3 Å². The molecule has 0 aliphatic carbocycles. The molecule has 8 rings (SSSR count). The van der Waals surface area contributed by atoms with Gasteiger partial charge in [-0.1, -0.05) is 182 Å². The van der Waals surface area contributed by atoms with Crippen molar-refractivity contribution >= 4 is 5.97 Å². The average Bonchev–Trinajstić information content (AvgIpc) is 3.37. The molecule has 0 spiro atoms. The summed E-state index contributed by atoms with van der Waals surface area (Å²) in [5.41, 5.74) is 5.57. The van der Waals surface area contributed by atoms with Crippen LogP contribution >= 0.6 is 0 Å². The minimum atomic E-state index is -1.58. The molecule has 1 N–H and O–H groups in total. The van der Waals surface area contributed by atoms with Crippen molar-refractivity contribution in [3.05, 3.63) is 215 Å². The lowest BCUT2D eigenvalue weighted by Gasteiger charge is -2.49. The fraction of sp³-hybridized carbons (Fsp3) is 0.339. The van der Waals surface area contributed by atoms with Crippen molar-refractivity contribution in [1.29, 1.82) is 0 Å². The van der Waals surface area contributed by atoms with Crippen LogP contribution in [-0.4, -0.2) is 85.7 Å². The number of carbonyl (C=O) groups is 1. The Morgan fingerprint density at radius 3 is 1.07 bits per heavy atom. The summed E-state index contributed by atoms with van der Waals surface area (Å²) < 4.78 is 66.0. The number of hydrogen-bond acceptors (Lipinski definition) is 12. The highest BCUT2D eigenvalue weighted by molar-refractivity contribution is 5.66. The minimum absolute atomic E-state index is 0.0491. The highest BCUT2D eigenvalue weighted by Gasteiger charge is 2.55. The first kappa shape index (κ1) is 48.8. The molecule has 6 aromatic carbocycles. The van der Waals surface area contributed by atoms with E-state index in [1.165, 1.54) is 6.92 Å². The second-order valence-corrected chi connectivity index (χ2v) is 16.8. The van der Waals surface area contributed by atoms with Gasteiger partial charge in [0.05, 0.1) is 52.9 Å². The van der Waals surface area contributed by atoms with E-state index < -0.39 is 67.4 Å². The number of ether oxygens (including phenoxy) is 10. The smallest absolute Gasteiger partial charge is 0.303 e. The molecule has 10 unspecified atom stereocenters. The van der Waals surface area contributed by atoms with Gasteiger partial charge in [-0.15, -0.1) is 0 Å². The number of hydrogen-bond donors (Lipinski definition) is 1. The van der Waals surface area contributed by atoms with Crippen LogP contribution in [-0.2, 0) is 91.8 Å². The van der Waals surface area contributed by atoms with E-state index in [0.717, 1.165) is 33.4 Å². The average molecular weight is 925 g/mol. The third-order valence-corrected chi connectivity index (χ3v) is 11.7. The van der Waals surface area contributed by atoms with Gasteiger partial charge in [0.25, 0.3) is 0 Å². The molecule has 356 valence electrons. The largest absolute Gasteiger partial charge is 0.454 e. The lowest BCUT2D eigenvalue weighted by atomic mass is 9.96. The Hall–Kier alpha value is -5.61. The van der Waals surface area contributed by atoms with Crippen LogP contribution < -0.4 is 0 Å². The zero-order chi connectivity index (χ0) is 46.8. The van der Waals surface area contributed by atoms with Gasteiger partial charge in [0.15, 0.2) is 18.7 Å². The first-order chi connectivity index (χ1) is 33.5. The number of esters is 1. The van der Waals surface area contributed by atoms with Crippen molar-refractivity contribution in [1.82, 2.24) is 0 Å². The molecule has 0 bridgehead atoms. The van der Waals surface area contributed by atoms with Crippen LogP contribution in [0.4, 0.5) is 0 Å². The number of aliphatic hydroxyl groups excluding tert-OH is 1. The lowest BCUT2D eigenvalue weighted by molar-refractivity contribution is -0.375. The molecule has 2 saturated heterocycles. The molecule has 2 fully saturated rings. The van der Waals surface area contributed by atoms with Crippen molar-refractivity contribution in [3.8, 4) is 0 Å². The quantitative estimate of drug-likeness (QED) is 0.0619. The number of benzene rings is 6. The molecular weight excluding hydrogens is 865 g/mol. The number of rotatable bonds is 23. The number of carbonyl (C=O) groups excluding carboxylic acids is 1. The van der Waals surface area contributed by atoms with E-state index in [-0.39, 0.29) is 39.6 Å². The molecule has 2 aliphatic rings. The van der Waals surface area contributed by atoms with E-state index in [1.54, 1.807) is 0 Å². The van der Waals surface area contributed by atoms with Crippen LogP contribution in [0.15, 0.2) is 182 Å². The predicted octanol–water partition coefficient (Wildman–Crippen LogP) is 8.52. The van der Waals surface area contributed by atoms with E-state index >= 15 is 0 Å². The van der Waals surface area contributed by atoms with Crippen molar-refractivity contribution in [2.24, 2.45) is 0 Å². The summed E-state index contributed by atoms with van der Waals surface area (Å²) in [6.07, 6.45) is -10.6. The molecule has 0 amide bonds. The van der Waals surface area contributed by atoms with Gasteiger partial charge in [0.1, 0.15) is 42.7 Å². The Balaban J connectivity index is 1.13. The Bertz CT molecular complexity index is 2330. The molecule has 2 aliphatic heterocycles. The lowest BCUT2D eigenvalue weighted by Crippen LogP contribution is -2.66. The molecule has 10 atom stereocenters. The second kappa shape index (κ2) is 25.7. The standard InChI is InChI=1S/C56H60O12/c1-40(57)65-54-52(64-37-46-30-18-7-19-31-46)50(62-35-44-26-14-5-15-27-44)48(39-60-33-42-22-10-3-11-23-42)67-56(54)68-53-51(63-36-45-28-16-6-17-29-45)49(61-34-43-24-12-4-13-25-43)47(66-55(53)58)38-59-32-41-20-8-2-9-21-41/h2-31,47-56,58H,32-39H2,1H3. The summed E-state index contributed by atoms with van der Waals surface area (Å²) in [7, 11) is 0. The molecule has 2 heterocycles. The third kappa shape index (κ3) is 14.2. The van der Waals surface area contributed by atoms with Gasteiger partial charge in [-0.3, -0.25) is 4.79 Å². The molecule has 68 heavy (non-hydrogen) atoms. The summed E-state index contributed by atoms with van der Waals surface area (Å²) in [6.45, 7) is 2.73. The van der Waals surface area contributed by atoms with Gasteiger partial charge in [0, 0.05) is 6.92 Å². The topological polar surface area (TPSA) is 130 Å². The van der Waals surface area contributed by atoms with Crippen molar-refractivity contribution in [2.75, 3.05) is 13.2 Å². The number of aliphatic hydroxyl groups is 1. The van der Waals surface area contributed by atoms with E-state index in [9.17, 15) is 9.90 Å². The monoisotopic (exact) mass is 924 g/mol. The van der Waals surface area contributed by atoms with Crippen molar-refractivity contribution in [3.63, 3.8) is 0 Å². The van der Waals surface area contributed by atoms with Crippen LogP contribution in [0.1, 0.15) is 40.3 Å². The Morgan fingerprint density at radius 2 is 0.721 bits per heavy atom. The molecule has 0 radical (unpaired) electrons. The van der Waals surface area contributed by atoms with Crippen LogP contribution in [0.5, 0.6) is 0 Å². The summed E-state index contributed by atoms with van der Waals surface area (Å²) in [6, 6.07) is 58.6.